The lowest BCUT2D eigenvalue weighted by atomic mass is 10.1. The Labute approximate surface area is 227 Å². The molecule has 4 rings (SSSR count). The van der Waals surface area contributed by atoms with Crippen LogP contribution in [0.1, 0.15) is 42.5 Å². The molecular formula is C27H38FN5O6. The molecule has 1 saturated carbocycles. The summed E-state index contributed by atoms with van der Waals surface area (Å²) in [7, 11) is 0. The normalized spacial score (nSPS) is 24.2. The quantitative estimate of drug-likeness (QED) is 0.459. The number of benzene rings is 1. The first kappa shape index (κ1) is 28.9. The molecule has 214 valence electrons. The van der Waals surface area contributed by atoms with Gasteiger partial charge in [0.2, 0.25) is 17.7 Å². The Morgan fingerprint density at radius 1 is 1.00 bits per heavy atom. The molecule has 0 radical (unpaired) electrons. The van der Waals surface area contributed by atoms with Crippen molar-refractivity contribution in [2.45, 2.75) is 50.2 Å². The number of carbonyl (C=O) groups is 4. The van der Waals surface area contributed by atoms with E-state index in [1.807, 2.05) is 0 Å². The van der Waals surface area contributed by atoms with E-state index in [0.717, 1.165) is 25.7 Å². The zero-order valence-electron chi connectivity index (χ0n) is 22.2. The van der Waals surface area contributed by atoms with Crippen molar-refractivity contribution in [3.63, 3.8) is 0 Å². The molecule has 3 fully saturated rings. The summed E-state index contributed by atoms with van der Waals surface area (Å²) in [5.41, 5.74) is 0.283. The Kier molecular flexibility index (Phi) is 10.6. The number of ether oxygens (including phenoxy) is 2. The zero-order valence-corrected chi connectivity index (χ0v) is 22.2. The summed E-state index contributed by atoms with van der Waals surface area (Å²) in [5, 5.41) is 9.20. The molecule has 3 N–H and O–H groups in total. The van der Waals surface area contributed by atoms with Gasteiger partial charge in [0.05, 0.1) is 26.4 Å². The Morgan fingerprint density at radius 3 is 2.51 bits per heavy atom. The van der Waals surface area contributed by atoms with Gasteiger partial charge in [0.25, 0.3) is 5.91 Å². The van der Waals surface area contributed by atoms with E-state index in [4.69, 9.17) is 9.47 Å². The summed E-state index contributed by atoms with van der Waals surface area (Å²) in [4.78, 5) is 55.0. The fourth-order valence-electron chi connectivity index (χ4n) is 5.34. The van der Waals surface area contributed by atoms with Crippen LogP contribution >= 0.6 is 0 Å². The van der Waals surface area contributed by atoms with Crippen LogP contribution in [0.15, 0.2) is 24.3 Å². The van der Waals surface area contributed by atoms with E-state index in [-0.39, 0.29) is 62.9 Å². The molecule has 0 aromatic heterocycles. The van der Waals surface area contributed by atoms with Gasteiger partial charge in [-0.25, -0.2) is 4.39 Å². The molecule has 2 heterocycles. The molecule has 3 aliphatic rings. The van der Waals surface area contributed by atoms with Crippen molar-refractivity contribution in [3.8, 4) is 0 Å². The Morgan fingerprint density at radius 2 is 1.74 bits per heavy atom. The standard InChI is InChI=1S/C27H38FN5O6/c28-20-7-5-19(6-8-20)26(36)29-10-13-32-17-23(34)33-12-9-22(31-21-3-1-2-4-21)25(33)27(37)30-11-14-38-15-16-39-18-24(32)35/h5-8,21-22,25,31H,1-4,9-18H2,(H,29,36)(H,30,37)/t22-,25+/m1/s1. The molecule has 2 saturated heterocycles. The van der Waals surface area contributed by atoms with Crippen LogP contribution in [0.3, 0.4) is 0 Å². The van der Waals surface area contributed by atoms with E-state index in [2.05, 4.69) is 16.0 Å². The van der Waals surface area contributed by atoms with Crippen LogP contribution in [0.25, 0.3) is 0 Å². The fraction of sp³-hybridized carbons (Fsp3) is 0.630. The molecule has 2 aliphatic heterocycles. The van der Waals surface area contributed by atoms with Gasteiger partial charge >= 0.3 is 0 Å². The van der Waals surface area contributed by atoms with Gasteiger partial charge in [0.1, 0.15) is 18.5 Å². The molecule has 39 heavy (non-hydrogen) atoms. The minimum Gasteiger partial charge on any atom is -0.377 e. The highest BCUT2D eigenvalue weighted by Crippen LogP contribution is 2.24. The van der Waals surface area contributed by atoms with E-state index in [1.54, 1.807) is 4.90 Å². The van der Waals surface area contributed by atoms with Crippen molar-refractivity contribution in [2.24, 2.45) is 0 Å². The molecule has 4 amide bonds. The molecule has 0 spiro atoms. The Balaban J connectivity index is 1.43. The highest BCUT2D eigenvalue weighted by Gasteiger charge is 2.43. The van der Waals surface area contributed by atoms with Crippen molar-refractivity contribution in [3.05, 3.63) is 35.6 Å². The number of hydrogen-bond donors (Lipinski definition) is 3. The van der Waals surface area contributed by atoms with Crippen LogP contribution in [-0.4, -0.2) is 111 Å². The second kappa shape index (κ2) is 14.3. The highest BCUT2D eigenvalue weighted by molar-refractivity contribution is 5.94. The Hall–Kier alpha value is -3.09. The van der Waals surface area contributed by atoms with Gasteiger partial charge in [0.15, 0.2) is 0 Å². The smallest absolute Gasteiger partial charge is 0.251 e. The summed E-state index contributed by atoms with van der Waals surface area (Å²) < 4.78 is 24.1. The van der Waals surface area contributed by atoms with Crippen molar-refractivity contribution in [1.82, 2.24) is 25.8 Å². The van der Waals surface area contributed by atoms with Gasteiger partial charge in [-0.3, -0.25) is 19.2 Å². The van der Waals surface area contributed by atoms with Crippen molar-refractivity contribution < 1.29 is 33.0 Å². The van der Waals surface area contributed by atoms with Gasteiger partial charge < -0.3 is 35.2 Å². The third-order valence-electron chi connectivity index (χ3n) is 7.39. The largest absolute Gasteiger partial charge is 0.377 e. The minimum atomic E-state index is -0.686. The molecule has 1 aliphatic carbocycles. The lowest BCUT2D eigenvalue weighted by molar-refractivity contribution is -0.145. The first-order valence-corrected chi connectivity index (χ1v) is 13.7. The number of amides is 4. The molecule has 1 aromatic rings. The lowest BCUT2D eigenvalue weighted by Crippen LogP contribution is -2.57. The third kappa shape index (κ3) is 8.20. The fourth-order valence-corrected chi connectivity index (χ4v) is 5.34. The first-order chi connectivity index (χ1) is 18.9. The summed E-state index contributed by atoms with van der Waals surface area (Å²) in [6.45, 7) is 1.11. The molecule has 0 unspecified atom stereocenters. The molecule has 0 bridgehead atoms. The topological polar surface area (TPSA) is 129 Å². The second-order valence-electron chi connectivity index (χ2n) is 10.1. The van der Waals surface area contributed by atoms with E-state index >= 15 is 0 Å². The number of carbonyl (C=O) groups excluding carboxylic acids is 4. The van der Waals surface area contributed by atoms with Crippen LogP contribution in [0.5, 0.6) is 0 Å². The summed E-state index contributed by atoms with van der Waals surface area (Å²) in [5.74, 6) is -1.85. The molecular weight excluding hydrogens is 509 g/mol. The predicted molar refractivity (Wildman–Crippen MR) is 139 cm³/mol. The van der Waals surface area contributed by atoms with Crippen molar-refractivity contribution in [1.29, 1.82) is 0 Å². The highest BCUT2D eigenvalue weighted by atomic mass is 19.1. The van der Waals surface area contributed by atoms with Crippen LogP contribution in [0.2, 0.25) is 0 Å². The molecule has 12 heteroatoms. The summed E-state index contributed by atoms with van der Waals surface area (Å²) >= 11 is 0. The lowest BCUT2D eigenvalue weighted by Gasteiger charge is -2.31. The second-order valence-corrected chi connectivity index (χ2v) is 10.1. The van der Waals surface area contributed by atoms with Crippen LogP contribution in [0, 0.1) is 5.82 Å². The van der Waals surface area contributed by atoms with E-state index in [0.29, 0.717) is 32.2 Å². The number of nitrogens with zero attached hydrogens (tertiary/aromatic N) is 2. The van der Waals surface area contributed by atoms with E-state index < -0.39 is 23.7 Å². The van der Waals surface area contributed by atoms with Crippen LogP contribution in [-0.2, 0) is 23.9 Å². The maximum Gasteiger partial charge on any atom is 0.251 e. The zero-order chi connectivity index (χ0) is 27.6. The van der Waals surface area contributed by atoms with Gasteiger partial charge in [-0.2, -0.15) is 0 Å². The SMILES string of the molecule is O=C(NCCN1CC(=O)N2CC[C@@H](NC3CCCC3)[C@H]2C(=O)NCCOCCOCC1=O)c1ccc(F)cc1. The maximum atomic E-state index is 13.5. The van der Waals surface area contributed by atoms with Crippen molar-refractivity contribution >= 4 is 23.6 Å². The molecule has 11 nitrogen and oxygen atoms in total. The van der Waals surface area contributed by atoms with Crippen LogP contribution < -0.4 is 16.0 Å². The van der Waals surface area contributed by atoms with Crippen molar-refractivity contribution in [2.75, 3.05) is 59.2 Å². The molecule has 1 aromatic carbocycles. The van der Waals surface area contributed by atoms with Crippen LogP contribution in [0.4, 0.5) is 4.39 Å². The Bertz CT molecular complexity index is 1000. The van der Waals surface area contributed by atoms with Gasteiger partial charge in [-0.15, -0.1) is 0 Å². The molecule has 2 atom stereocenters. The number of halogens is 1. The maximum absolute atomic E-state index is 13.5. The average molecular weight is 548 g/mol. The summed E-state index contributed by atoms with van der Waals surface area (Å²) in [6, 6.07) is 4.60. The number of hydrogen-bond acceptors (Lipinski definition) is 7. The monoisotopic (exact) mass is 547 g/mol. The van der Waals surface area contributed by atoms with E-state index in [1.165, 1.54) is 29.2 Å². The van der Waals surface area contributed by atoms with Gasteiger partial charge in [-0.1, -0.05) is 12.8 Å². The predicted octanol–water partition coefficient (Wildman–Crippen LogP) is 0.0488. The number of rotatable bonds is 6. The summed E-state index contributed by atoms with van der Waals surface area (Å²) in [6.07, 6.45) is 5.05. The first-order valence-electron chi connectivity index (χ1n) is 13.7. The van der Waals surface area contributed by atoms with Gasteiger partial charge in [0, 0.05) is 43.8 Å². The van der Waals surface area contributed by atoms with E-state index in [9.17, 15) is 23.6 Å². The number of fused-ring (bicyclic) bond motifs is 1. The number of nitrogens with one attached hydrogen (secondary N) is 3. The minimum absolute atomic E-state index is 0.0613. The van der Waals surface area contributed by atoms with Gasteiger partial charge in [-0.05, 0) is 43.5 Å². The third-order valence-corrected chi connectivity index (χ3v) is 7.39. The average Bonchev–Trinajstić information content (AvgIpc) is 3.59.